The maximum atomic E-state index is 12.0. The van der Waals surface area contributed by atoms with Crippen molar-refractivity contribution in [2.24, 2.45) is 11.8 Å². The lowest BCUT2D eigenvalue weighted by Crippen LogP contribution is -2.32. The topological polar surface area (TPSA) is 58.2 Å². The molecule has 1 aliphatic heterocycles. The Morgan fingerprint density at radius 1 is 1.12 bits per heavy atom. The van der Waals surface area contributed by atoms with Gasteiger partial charge in [0.15, 0.2) is 0 Å². The summed E-state index contributed by atoms with van der Waals surface area (Å²) >= 11 is 0. The van der Waals surface area contributed by atoms with Crippen molar-refractivity contribution in [1.82, 2.24) is 10.0 Å². The summed E-state index contributed by atoms with van der Waals surface area (Å²) in [6.45, 7) is 1.87. The number of rotatable bonds is 3. The van der Waals surface area contributed by atoms with E-state index in [9.17, 15) is 8.42 Å². The minimum atomic E-state index is -3.32. The Balaban J connectivity index is 1.75. The van der Waals surface area contributed by atoms with Gasteiger partial charge in [0.2, 0.25) is 10.0 Å². The molecule has 2 aliphatic rings. The summed E-state index contributed by atoms with van der Waals surface area (Å²) in [5.74, 6) is 0.997. The van der Waals surface area contributed by atoms with Crippen molar-refractivity contribution < 1.29 is 8.42 Å². The molecule has 2 fully saturated rings. The molecule has 1 aromatic carbocycles. The van der Waals surface area contributed by atoms with Gasteiger partial charge in [0.1, 0.15) is 0 Å². The molecule has 16 heavy (non-hydrogen) atoms. The second-order valence-electron chi connectivity index (χ2n) is 4.45. The van der Waals surface area contributed by atoms with Gasteiger partial charge in [-0.3, -0.25) is 0 Å². The molecule has 5 heteroatoms. The molecule has 1 aliphatic carbocycles. The largest absolute Gasteiger partial charge is 0.316 e. The number of benzene rings is 1. The summed E-state index contributed by atoms with van der Waals surface area (Å²) in [4.78, 5) is 0.355. The van der Waals surface area contributed by atoms with E-state index in [2.05, 4.69) is 10.0 Å². The highest BCUT2D eigenvalue weighted by Gasteiger charge is 2.54. The van der Waals surface area contributed by atoms with E-state index in [1.54, 1.807) is 24.3 Å². The van der Waals surface area contributed by atoms with Crippen molar-refractivity contribution in [3.63, 3.8) is 0 Å². The quantitative estimate of drug-likeness (QED) is 0.790. The van der Waals surface area contributed by atoms with E-state index >= 15 is 0 Å². The van der Waals surface area contributed by atoms with E-state index in [0.29, 0.717) is 16.7 Å². The van der Waals surface area contributed by atoms with E-state index in [1.807, 2.05) is 6.07 Å². The molecule has 3 rings (SSSR count). The third-order valence-electron chi connectivity index (χ3n) is 3.44. The van der Waals surface area contributed by atoms with E-state index < -0.39 is 10.0 Å². The van der Waals surface area contributed by atoms with E-state index in [4.69, 9.17) is 0 Å². The highest BCUT2D eigenvalue weighted by atomic mass is 32.2. The fourth-order valence-electron chi connectivity index (χ4n) is 2.44. The molecule has 4 nitrogen and oxygen atoms in total. The third-order valence-corrected chi connectivity index (χ3v) is 4.91. The second kappa shape index (κ2) is 3.55. The molecule has 86 valence electrons. The van der Waals surface area contributed by atoms with Crippen LogP contribution in [0.4, 0.5) is 0 Å². The first-order valence-corrected chi connectivity index (χ1v) is 6.95. The molecular weight excluding hydrogens is 224 g/mol. The van der Waals surface area contributed by atoms with Crippen LogP contribution in [0.1, 0.15) is 0 Å². The van der Waals surface area contributed by atoms with Crippen LogP contribution in [0.5, 0.6) is 0 Å². The van der Waals surface area contributed by atoms with Gasteiger partial charge in [0, 0.05) is 6.04 Å². The minimum absolute atomic E-state index is 0.145. The molecule has 2 unspecified atom stereocenters. The number of hydrogen-bond acceptors (Lipinski definition) is 3. The molecule has 1 aromatic rings. The molecular formula is C11H14N2O2S. The fraction of sp³-hybridized carbons (Fsp3) is 0.455. The van der Waals surface area contributed by atoms with Gasteiger partial charge in [-0.15, -0.1) is 0 Å². The summed E-state index contributed by atoms with van der Waals surface area (Å²) in [5.41, 5.74) is 0. The monoisotopic (exact) mass is 238 g/mol. The number of nitrogens with one attached hydrogen (secondary N) is 2. The zero-order valence-electron chi connectivity index (χ0n) is 8.76. The fourth-order valence-corrected chi connectivity index (χ4v) is 3.80. The molecule has 0 aromatic heterocycles. The zero-order valence-corrected chi connectivity index (χ0v) is 9.57. The highest BCUT2D eigenvalue weighted by molar-refractivity contribution is 7.89. The SMILES string of the molecule is O=S(=O)(NC1C2CNCC21)c1ccccc1. The van der Waals surface area contributed by atoms with Crippen molar-refractivity contribution in [2.45, 2.75) is 10.9 Å². The van der Waals surface area contributed by atoms with Crippen LogP contribution in [-0.4, -0.2) is 27.5 Å². The van der Waals surface area contributed by atoms with Gasteiger partial charge in [-0.1, -0.05) is 18.2 Å². The molecule has 0 bridgehead atoms. The second-order valence-corrected chi connectivity index (χ2v) is 6.16. The van der Waals surface area contributed by atoms with E-state index in [1.165, 1.54) is 0 Å². The molecule has 1 saturated heterocycles. The average Bonchev–Trinajstić information content (AvgIpc) is 2.76. The Hall–Kier alpha value is -0.910. The van der Waals surface area contributed by atoms with Gasteiger partial charge in [-0.2, -0.15) is 0 Å². The van der Waals surface area contributed by atoms with Crippen LogP contribution < -0.4 is 10.0 Å². The van der Waals surface area contributed by atoms with Crippen molar-refractivity contribution in [2.75, 3.05) is 13.1 Å². The van der Waals surface area contributed by atoms with E-state index in [-0.39, 0.29) is 6.04 Å². The normalized spacial score (nSPS) is 32.4. The molecule has 2 atom stereocenters. The Kier molecular flexibility index (Phi) is 2.27. The first-order chi connectivity index (χ1) is 7.68. The summed E-state index contributed by atoms with van der Waals surface area (Å²) in [6, 6.07) is 8.69. The summed E-state index contributed by atoms with van der Waals surface area (Å²) in [6.07, 6.45) is 0. The van der Waals surface area contributed by atoms with Gasteiger partial charge in [0.25, 0.3) is 0 Å². The predicted molar refractivity (Wildman–Crippen MR) is 60.4 cm³/mol. The first kappa shape index (κ1) is 10.3. The van der Waals surface area contributed by atoms with Crippen molar-refractivity contribution in [3.8, 4) is 0 Å². The minimum Gasteiger partial charge on any atom is -0.316 e. The van der Waals surface area contributed by atoms with Crippen molar-refractivity contribution in [1.29, 1.82) is 0 Å². The Morgan fingerprint density at radius 3 is 2.38 bits per heavy atom. The zero-order chi connectivity index (χ0) is 11.2. The number of piperidine rings is 1. The van der Waals surface area contributed by atoms with Crippen molar-refractivity contribution >= 4 is 10.0 Å². The molecule has 0 radical (unpaired) electrons. The van der Waals surface area contributed by atoms with Gasteiger partial charge in [-0.05, 0) is 37.1 Å². The van der Waals surface area contributed by atoms with Crippen LogP contribution in [0.25, 0.3) is 0 Å². The number of fused-ring (bicyclic) bond motifs is 1. The van der Waals surface area contributed by atoms with Crippen LogP contribution in [-0.2, 0) is 10.0 Å². The molecule has 1 saturated carbocycles. The molecule has 2 N–H and O–H groups in total. The van der Waals surface area contributed by atoms with Gasteiger partial charge >= 0.3 is 0 Å². The molecule has 0 amide bonds. The molecule has 0 spiro atoms. The van der Waals surface area contributed by atoms with Crippen LogP contribution in [0, 0.1) is 11.8 Å². The van der Waals surface area contributed by atoms with Crippen molar-refractivity contribution in [3.05, 3.63) is 30.3 Å². The van der Waals surface area contributed by atoms with E-state index in [0.717, 1.165) is 13.1 Å². The number of hydrogen-bond donors (Lipinski definition) is 2. The van der Waals surface area contributed by atoms with Crippen LogP contribution >= 0.6 is 0 Å². The first-order valence-electron chi connectivity index (χ1n) is 5.46. The summed E-state index contributed by atoms with van der Waals surface area (Å²) in [7, 11) is -3.32. The lowest BCUT2D eigenvalue weighted by molar-refractivity contribution is 0.565. The van der Waals surface area contributed by atoms with Gasteiger partial charge in [0.05, 0.1) is 4.90 Å². The van der Waals surface area contributed by atoms with Crippen LogP contribution in [0.3, 0.4) is 0 Å². The Labute approximate surface area is 95.1 Å². The van der Waals surface area contributed by atoms with Gasteiger partial charge < -0.3 is 5.32 Å². The highest BCUT2D eigenvalue weighted by Crippen LogP contribution is 2.42. The number of sulfonamides is 1. The summed E-state index contributed by atoms with van der Waals surface area (Å²) in [5, 5.41) is 3.24. The van der Waals surface area contributed by atoms with Crippen LogP contribution in [0.15, 0.2) is 35.2 Å². The lowest BCUT2D eigenvalue weighted by atomic mass is 10.4. The van der Waals surface area contributed by atoms with Gasteiger partial charge in [-0.25, -0.2) is 13.1 Å². The summed E-state index contributed by atoms with van der Waals surface area (Å²) < 4.78 is 26.7. The Bertz CT molecular complexity index is 476. The third kappa shape index (κ3) is 1.65. The average molecular weight is 238 g/mol. The predicted octanol–water partition coefficient (Wildman–Crippen LogP) is 0.183. The standard InChI is InChI=1S/C11H14N2O2S/c14-16(15,8-4-2-1-3-5-8)13-11-9-6-12-7-10(9)11/h1-5,9-13H,6-7H2. The molecule has 1 heterocycles. The van der Waals surface area contributed by atoms with Crippen LogP contribution in [0.2, 0.25) is 0 Å². The Morgan fingerprint density at radius 2 is 1.75 bits per heavy atom. The maximum Gasteiger partial charge on any atom is 0.240 e. The maximum absolute atomic E-state index is 12.0. The smallest absolute Gasteiger partial charge is 0.240 e. The lowest BCUT2D eigenvalue weighted by Gasteiger charge is -2.08.